The van der Waals surface area contributed by atoms with Crippen molar-refractivity contribution in [2.45, 2.75) is 45.2 Å². The van der Waals surface area contributed by atoms with Crippen molar-refractivity contribution < 1.29 is 4.79 Å². The summed E-state index contributed by atoms with van der Waals surface area (Å²) in [4.78, 5) is 24.6. The lowest BCUT2D eigenvalue weighted by atomic mass is 10.00. The molecule has 0 aromatic carbocycles. The van der Waals surface area contributed by atoms with Crippen molar-refractivity contribution in [3.8, 4) is 0 Å². The minimum Gasteiger partial charge on any atom is -0.338 e. The Morgan fingerprint density at radius 1 is 1.17 bits per heavy atom. The Morgan fingerprint density at radius 3 is 2.62 bits per heavy atom. The predicted molar refractivity (Wildman–Crippen MR) is 94.7 cm³/mol. The molecule has 1 aromatic rings. The van der Waals surface area contributed by atoms with Gasteiger partial charge in [-0.2, -0.15) is 0 Å². The van der Waals surface area contributed by atoms with E-state index in [-0.39, 0.29) is 12.1 Å². The van der Waals surface area contributed by atoms with Crippen LogP contribution in [0.25, 0.3) is 0 Å². The van der Waals surface area contributed by atoms with Crippen molar-refractivity contribution in [1.82, 2.24) is 24.3 Å². The average molecular weight is 333 g/mol. The molecule has 134 valence electrons. The molecule has 0 spiro atoms. The summed E-state index contributed by atoms with van der Waals surface area (Å²) in [6.45, 7) is 9.89. The van der Waals surface area contributed by atoms with Gasteiger partial charge >= 0.3 is 0 Å². The maximum absolute atomic E-state index is 13.2. The van der Waals surface area contributed by atoms with Crippen molar-refractivity contribution >= 4 is 5.91 Å². The van der Waals surface area contributed by atoms with Crippen LogP contribution < -0.4 is 0 Å². The van der Waals surface area contributed by atoms with E-state index in [1.54, 1.807) is 0 Å². The number of nitrogens with zero attached hydrogens (tertiary/aromatic N) is 5. The molecule has 0 unspecified atom stereocenters. The number of carbonyl (C=O) groups is 1. The summed E-state index contributed by atoms with van der Waals surface area (Å²) >= 11 is 0. The number of hydrogen-bond acceptors (Lipinski definition) is 4. The fraction of sp³-hybridized carbons (Fsp3) is 0.778. The maximum atomic E-state index is 13.2. The number of imidazole rings is 1. The second-order valence-electron chi connectivity index (χ2n) is 6.97. The molecule has 2 saturated heterocycles. The molecule has 0 aliphatic carbocycles. The molecular weight excluding hydrogens is 302 g/mol. The Morgan fingerprint density at radius 2 is 1.96 bits per heavy atom. The Labute approximate surface area is 145 Å². The summed E-state index contributed by atoms with van der Waals surface area (Å²) in [7, 11) is 2.04. The number of hydrogen-bond donors (Lipinski definition) is 0. The lowest BCUT2D eigenvalue weighted by Gasteiger charge is -2.43. The van der Waals surface area contributed by atoms with Gasteiger partial charge in [-0.25, -0.2) is 4.98 Å². The van der Waals surface area contributed by atoms with Gasteiger partial charge in [-0.05, 0) is 32.5 Å². The molecule has 2 aliphatic rings. The van der Waals surface area contributed by atoms with E-state index in [2.05, 4.69) is 38.1 Å². The zero-order valence-electron chi connectivity index (χ0n) is 15.3. The number of rotatable bonds is 4. The highest BCUT2D eigenvalue weighted by Gasteiger charge is 2.36. The van der Waals surface area contributed by atoms with Gasteiger partial charge in [0, 0.05) is 39.1 Å². The van der Waals surface area contributed by atoms with Gasteiger partial charge in [0.25, 0.3) is 0 Å². The van der Waals surface area contributed by atoms with Crippen LogP contribution in [0.1, 0.15) is 45.0 Å². The first-order chi connectivity index (χ1) is 11.7. The fourth-order valence-corrected chi connectivity index (χ4v) is 4.20. The van der Waals surface area contributed by atoms with Crippen LogP contribution in [0.15, 0.2) is 12.4 Å². The molecule has 0 N–H and O–H groups in total. The second-order valence-corrected chi connectivity index (χ2v) is 6.97. The Bertz CT molecular complexity index is 557. The number of aryl methyl sites for hydroxylation is 1. The molecule has 0 radical (unpaired) electrons. The predicted octanol–water partition coefficient (Wildman–Crippen LogP) is 1.50. The van der Waals surface area contributed by atoms with E-state index in [0.29, 0.717) is 5.91 Å². The first-order valence-corrected chi connectivity index (χ1v) is 9.39. The lowest BCUT2D eigenvalue weighted by molar-refractivity contribution is -0.141. The smallest absolute Gasteiger partial charge is 0.240 e. The largest absolute Gasteiger partial charge is 0.338 e. The molecule has 3 heterocycles. The van der Waals surface area contributed by atoms with Crippen LogP contribution in [0, 0.1) is 0 Å². The van der Waals surface area contributed by atoms with Crippen molar-refractivity contribution in [1.29, 1.82) is 0 Å². The quantitative estimate of drug-likeness (QED) is 0.838. The highest BCUT2D eigenvalue weighted by molar-refractivity contribution is 5.82. The van der Waals surface area contributed by atoms with Crippen molar-refractivity contribution in [3.63, 3.8) is 0 Å². The van der Waals surface area contributed by atoms with Crippen LogP contribution in [0.5, 0.6) is 0 Å². The SMILES string of the molecule is CCN1CCCC[C@H]1C(=O)N1CCN(CC)[C@H](c2nccn2C)C1. The van der Waals surface area contributed by atoms with Gasteiger partial charge in [-0.15, -0.1) is 0 Å². The topological polar surface area (TPSA) is 44.6 Å². The van der Waals surface area contributed by atoms with E-state index in [9.17, 15) is 4.79 Å². The van der Waals surface area contributed by atoms with Crippen LogP contribution >= 0.6 is 0 Å². The molecule has 2 fully saturated rings. The van der Waals surface area contributed by atoms with Crippen LogP contribution in [-0.2, 0) is 11.8 Å². The summed E-state index contributed by atoms with van der Waals surface area (Å²) in [6, 6.07) is 0.283. The van der Waals surface area contributed by atoms with Gasteiger partial charge in [0.05, 0.1) is 12.1 Å². The van der Waals surface area contributed by atoms with E-state index >= 15 is 0 Å². The molecule has 0 saturated carbocycles. The number of aromatic nitrogens is 2. The summed E-state index contributed by atoms with van der Waals surface area (Å²) in [5.41, 5.74) is 0. The number of likely N-dealkylation sites (tertiary alicyclic amines) is 1. The highest BCUT2D eigenvalue weighted by atomic mass is 16.2. The average Bonchev–Trinajstić information content (AvgIpc) is 3.06. The molecule has 0 bridgehead atoms. The van der Waals surface area contributed by atoms with E-state index in [4.69, 9.17) is 0 Å². The van der Waals surface area contributed by atoms with Crippen molar-refractivity contribution in [2.24, 2.45) is 7.05 Å². The van der Waals surface area contributed by atoms with Crippen LogP contribution in [0.3, 0.4) is 0 Å². The molecule has 6 heteroatoms. The minimum absolute atomic E-state index is 0.0824. The first-order valence-electron chi connectivity index (χ1n) is 9.39. The number of piperidine rings is 1. The molecule has 6 nitrogen and oxygen atoms in total. The standard InChI is InChI=1S/C18H31N5O/c1-4-21-10-7-6-8-15(21)18(24)23-13-12-22(5-2)16(14-23)17-19-9-11-20(17)3/h9,11,15-16H,4-8,10,12-14H2,1-3H3/t15-,16-/m0/s1. The van der Waals surface area contributed by atoms with E-state index in [0.717, 1.165) is 51.5 Å². The zero-order chi connectivity index (χ0) is 17.1. The van der Waals surface area contributed by atoms with Gasteiger partial charge in [0.2, 0.25) is 5.91 Å². The maximum Gasteiger partial charge on any atom is 0.240 e. The third kappa shape index (κ3) is 3.35. The summed E-state index contributed by atoms with van der Waals surface area (Å²) in [5.74, 6) is 1.39. The van der Waals surface area contributed by atoms with E-state index in [1.165, 1.54) is 12.8 Å². The zero-order valence-corrected chi connectivity index (χ0v) is 15.3. The Balaban J connectivity index is 1.75. The van der Waals surface area contributed by atoms with Crippen LogP contribution in [0.2, 0.25) is 0 Å². The molecule has 2 aliphatic heterocycles. The molecule has 24 heavy (non-hydrogen) atoms. The third-order valence-corrected chi connectivity index (χ3v) is 5.67. The first kappa shape index (κ1) is 17.4. The van der Waals surface area contributed by atoms with E-state index in [1.807, 2.05) is 19.4 Å². The fourth-order valence-electron chi connectivity index (χ4n) is 4.20. The van der Waals surface area contributed by atoms with Crippen molar-refractivity contribution in [2.75, 3.05) is 39.3 Å². The number of likely N-dealkylation sites (N-methyl/N-ethyl adjacent to an activating group) is 2. The highest BCUT2D eigenvalue weighted by Crippen LogP contribution is 2.26. The van der Waals surface area contributed by atoms with Gasteiger partial charge < -0.3 is 9.47 Å². The van der Waals surface area contributed by atoms with E-state index < -0.39 is 0 Å². The molecule has 3 rings (SSSR count). The number of piperazine rings is 1. The number of carbonyl (C=O) groups excluding carboxylic acids is 1. The van der Waals surface area contributed by atoms with Gasteiger partial charge in [-0.3, -0.25) is 14.6 Å². The Kier molecular flexibility index (Phi) is 5.56. The van der Waals surface area contributed by atoms with Gasteiger partial charge in [0.15, 0.2) is 0 Å². The van der Waals surface area contributed by atoms with Crippen LogP contribution in [0.4, 0.5) is 0 Å². The monoisotopic (exact) mass is 333 g/mol. The summed E-state index contributed by atoms with van der Waals surface area (Å²) in [5, 5.41) is 0. The van der Waals surface area contributed by atoms with Gasteiger partial charge in [-0.1, -0.05) is 20.3 Å². The minimum atomic E-state index is 0.0824. The summed E-state index contributed by atoms with van der Waals surface area (Å²) in [6.07, 6.45) is 7.24. The summed E-state index contributed by atoms with van der Waals surface area (Å²) < 4.78 is 2.08. The number of amides is 1. The molecule has 1 amide bonds. The molecule has 1 aromatic heterocycles. The Hall–Kier alpha value is -1.40. The van der Waals surface area contributed by atoms with Gasteiger partial charge in [0.1, 0.15) is 5.82 Å². The normalized spacial score (nSPS) is 26.7. The third-order valence-electron chi connectivity index (χ3n) is 5.67. The lowest BCUT2D eigenvalue weighted by Crippen LogP contribution is -2.57. The molecule has 2 atom stereocenters. The van der Waals surface area contributed by atoms with Crippen molar-refractivity contribution in [3.05, 3.63) is 18.2 Å². The molecular formula is C18H31N5O. The van der Waals surface area contributed by atoms with Crippen LogP contribution in [-0.4, -0.2) is 75.5 Å². The second kappa shape index (κ2) is 7.66.